The number of ether oxygens (including phenoxy) is 3. The van der Waals surface area contributed by atoms with Crippen LogP contribution in [0.3, 0.4) is 0 Å². The fourth-order valence-electron chi connectivity index (χ4n) is 2.78. The first-order chi connectivity index (χ1) is 11.0. The van der Waals surface area contributed by atoms with Gasteiger partial charge in [-0.3, -0.25) is 4.79 Å². The molecule has 0 spiro atoms. The molecule has 0 aromatic heterocycles. The first-order valence-electron chi connectivity index (χ1n) is 7.82. The van der Waals surface area contributed by atoms with E-state index in [1.807, 2.05) is 19.1 Å². The average molecular weight is 430 g/mol. The molecule has 0 heterocycles. The lowest BCUT2D eigenvalue weighted by molar-refractivity contribution is -0.158. The third kappa shape index (κ3) is 4.86. The molecule has 5 heteroatoms. The van der Waals surface area contributed by atoms with E-state index in [0.717, 1.165) is 34.8 Å². The van der Waals surface area contributed by atoms with Gasteiger partial charge in [0.2, 0.25) is 0 Å². The highest BCUT2D eigenvalue weighted by Gasteiger charge is 2.32. The number of hydrogen-bond donors (Lipinski definition) is 0. The van der Waals surface area contributed by atoms with Crippen molar-refractivity contribution >= 4 is 34.6 Å². The maximum Gasteiger partial charge on any atom is 0.309 e. The Labute approximate surface area is 151 Å². The molecule has 1 aromatic carbocycles. The topological polar surface area (TPSA) is 44.8 Å². The van der Waals surface area contributed by atoms with Crippen LogP contribution >= 0.6 is 22.6 Å². The van der Waals surface area contributed by atoms with Crippen LogP contribution in [0.1, 0.15) is 44.6 Å². The van der Waals surface area contributed by atoms with Gasteiger partial charge in [0.25, 0.3) is 0 Å². The van der Waals surface area contributed by atoms with Crippen LogP contribution in [0.4, 0.5) is 0 Å². The molecule has 0 radical (unpaired) electrons. The number of carbonyl (C=O) groups excluding carboxylic acids is 1. The summed E-state index contributed by atoms with van der Waals surface area (Å²) in [7, 11) is 1.60. The second-order valence-electron chi connectivity index (χ2n) is 5.97. The molecule has 1 aliphatic carbocycles. The minimum Gasteiger partial charge on any atom is -0.493 e. The third-order valence-electron chi connectivity index (χ3n) is 4.06. The molecule has 0 bridgehead atoms. The van der Waals surface area contributed by atoms with Crippen molar-refractivity contribution < 1.29 is 19.0 Å². The van der Waals surface area contributed by atoms with Crippen LogP contribution in [0.25, 0.3) is 6.08 Å². The van der Waals surface area contributed by atoms with Crippen LogP contribution in [0.2, 0.25) is 0 Å². The molecule has 1 aromatic rings. The maximum atomic E-state index is 12.0. The van der Waals surface area contributed by atoms with Gasteiger partial charge in [-0.25, -0.2) is 0 Å². The second kappa shape index (κ2) is 8.04. The number of hydrogen-bond acceptors (Lipinski definition) is 4. The first kappa shape index (κ1) is 18.1. The number of halogens is 1. The fraction of sp³-hybridized carbons (Fsp3) is 0.500. The fourth-order valence-corrected chi connectivity index (χ4v) is 3.57. The molecule has 0 aliphatic heterocycles. The molecular weight excluding hydrogens is 407 g/mol. The highest BCUT2D eigenvalue weighted by Crippen LogP contribution is 2.35. The van der Waals surface area contributed by atoms with Crippen LogP contribution in [-0.2, 0) is 9.53 Å². The summed E-state index contributed by atoms with van der Waals surface area (Å²) in [6.07, 6.45) is 6.16. The molecule has 0 unspecified atom stereocenters. The molecule has 0 amide bonds. The van der Waals surface area contributed by atoms with E-state index in [-0.39, 0.29) is 24.6 Å². The summed E-state index contributed by atoms with van der Waals surface area (Å²) in [6.45, 7) is 6.04. The molecule has 4 nitrogen and oxygen atoms in total. The van der Waals surface area contributed by atoms with Gasteiger partial charge in [0, 0.05) is 0 Å². The predicted molar refractivity (Wildman–Crippen MR) is 98.9 cm³/mol. The van der Waals surface area contributed by atoms with Crippen molar-refractivity contribution in [2.75, 3.05) is 13.7 Å². The van der Waals surface area contributed by atoms with Gasteiger partial charge in [-0.15, -0.1) is 0 Å². The first-order valence-corrected chi connectivity index (χ1v) is 8.90. The monoisotopic (exact) mass is 430 g/mol. The predicted octanol–water partition coefficient (Wildman–Crippen LogP) is 4.59. The Morgan fingerprint density at radius 2 is 2.09 bits per heavy atom. The molecule has 1 aliphatic rings. The van der Waals surface area contributed by atoms with Gasteiger partial charge in [-0.05, 0) is 72.9 Å². The highest BCUT2D eigenvalue weighted by atomic mass is 127. The van der Waals surface area contributed by atoms with Gasteiger partial charge < -0.3 is 14.2 Å². The van der Waals surface area contributed by atoms with Crippen molar-refractivity contribution in [2.24, 2.45) is 0 Å². The molecule has 0 N–H and O–H groups in total. The molecule has 2 rings (SSSR count). The van der Waals surface area contributed by atoms with E-state index in [1.54, 1.807) is 13.2 Å². The number of methoxy groups -OCH3 is 1. The van der Waals surface area contributed by atoms with Crippen molar-refractivity contribution in [1.29, 1.82) is 0 Å². The summed E-state index contributed by atoms with van der Waals surface area (Å²) < 4.78 is 17.6. The van der Waals surface area contributed by atoms with Crippen molar-refractivity contribution in [3.63, 3.8) is 0 Å². The van der Waals surface area contributed by atoms with Crippen LogP contribution in [0.15, 0.2) is 18.7 Å². The average Bonchev–Trinajstić information content (AvgIpc) is 2.94. The van der Waals surface area contributed by atoms with E-state index in [4.69, 9.17) is 14.2 Å². The van der Waals surface area contributed by atoms with Crippen molar-refractivity contribution in [1.82, 2.24) is 0 Å². The largest absolute Gasteiger partial charge is 0.493 e. The number of carbonyl (C=O) groups is 1. The van der Waals surface area contributed by atoms with E-state index < -0.39 is 0 Å². The minimum atomic E-state index is -0.283. The molecule has 1 saturated carbocycles. The Hall–Kier alpha value is -1.24. The van der Waals surface area contributed by atoms with E-state index in [0.29, 0.717) is 11.5 Å². The van der Waals surface area contributed by atoms with Crippen LogP contribution < -0.4 is 9.47 Å². The maximum absolute atomic E-state index is 12.0. The van der Waals surface area contributed by atoms with Crippen molar-refractivity contribution in [3.8, 4) is 11.5 Å². The summed E-state index contributed by atoms with van der Waals surface area (Å²) in [5.41, 5.74) is 0.682. The van der Waals surface area contributed by atoms with Gasteiger partial charge in [-0.2, -0.15) is 0 Å². The Morgan fingerprint density at radius 3 is 2.70 bits per heavy atom. The lowest BCUT2D eigenvalue weighted by Crippen LogP contribution is -2.28. The highest BCUT2D eigenvalue weighted by molar-refractivity contribution is 14.1. The standard InChI is InChI=1S/C18H23IO4/c1-4-13-11-14(19)17(15(12-13)21-3)22-10-7-16(20)23-18(2)8-5-6-9-18/h4,11-12H,1,5-10H2,2-3H3. The molecule has 0 saturated heterocycles. The molecule has 23 heavy (non-hydrogen) atoms. The Bertz CT molecular complexity index is 577. The SMILES string of the molecule is C=Cc1cc(I)c(OCCC(=O)OC2(C)CCCC2)c(OC)c1. The summed E-state index contributed by atoms with van der Waals surface area (Å²) in [4.78, 5) is 12.0. The van der Waals surface area contributed by atoms with E-state index in [9.17, 15) is 4.79 Å². The Morgan fingerprint density at radius 1 is 1.39 bits per heavy atom. The summed E-state index contributed by atoms with van der Waals surface area (Å²) in [5, 5.41) is 0. The summed E-state index contributed by atoms with van der Waals surface area (Å²) in [6, 6.07) is 3.83. The number of benzene rings is 1. The lowest BCUT2D eigenvalue weighted by Gasteiger charge is -2.24. The summed E-state index contributed by atoms with van der Waals surface area (Å²) in [5.74, 6) is 1.09. The van der Waals surface area contributed by atoms with Gasteiger partial charge in [0.05, 0.1) is 23.7 Å². The Kier molecular flexibility index (Phi) is 6.33. The zero-order chi connectivity index (χ0) is 16.9. The molecule has 126 valence electrons. The Balaban J connectivity index is 1.91. The van der Waals surface area contributed by atoms with E-state index in [2.05, 4.69) is 29.2 Å². The van der Waals surface area contributed by atoms with Crippen LogP contribution in [0, 0.1) is 3.57 Å². The lowest BCUT2D eigenvalue weighted by atomic mass is 10.1. The van der Waals surface area contributed by atoms with E-state index >= 15 is 0 Å². The van der Waals surface area contributed by atoms with Gasteiger partial charge in [-0.1, -0.05) is 12.7 Å². The smallest absolute Gasteiger partial charge is 0.309 e. The van der Waals surface area contributed by atoms with Gasteiger partial charge in [0.15, 0.2) is 11.5 Å². The third-order valence-corrected chi connectivity index (χ3v) is 4.86. The van der Waals surface area contributed by atoms with Crippen LogP contribution in [-0.4, -0.2) is 25.3 Å². The quantitative estimate of drug-likeness (QED) is 0.469. The van der Waals surface area contributed by atoms with Crippen LogP contribution in [0.5, 0.6) is 11.5 Å². The molecule has 0 atom stereocenters. The minimum absolute atomic E-state index is 0.203. The summed E-state index contributed by atoms with van der Waals surface area (Å²) >= 11 is 2.19. The van der Waals surface area contributed by atoms with Gasteiger partial charge in [0.1, 0.15) is 5.60 Å². The van der Waals surface area contributed by atoms with Gasteiger partial charge >= 0.3 is 5.97 Å². The zero-order valence-electron chi connectivity index (χ0n) is 13.7. The normalized spacial score (nSPS) is 16.0. The number of esters is 1. The zero-order valence-corrected chi connectivity index (χ0v) is 15.9. The second-order valence-corrected chi connectivity index (χ2v) is 7.13. The van der Waals surface area contributed by atoms with E-state index in [1.165, 1.54) is 0 Å². The molecular formula is C18H23IO4. The number of rotatable bonds is 7. The molecule has 1 fully saturated rings. The van der Waals surface area contributed by atoms with Crippen molar-refractivity contribution in [2.45, 2.75) is 44.6 Å². The van der Waals surface area contributed by atoms with Crippen molar-refractivity contribution in [3.05, 3.63) is 27.8 Å².